The molecule has 1 fully saturated rings. The molecule has 3 rings (SSSR count). The van der Waals surface area contributed by atoms with Gasteiger partial charge >= 0.3 is 0 Å². The Hall–Kier alpha value is -1.32. The predicted molar refractivity (Wildman–Crippen MR) is 73.8 cm³/mol. The molecule has 1 saturated heterocycles. The van der Waals surface area contributed by atoms with Crippen LogP contribution in [0, 0.1) is 6.92 Å². The van der Waals surface area contributed by atoms with Gasteiger partial charge < -0.3 is 9.73 Å². The summed E-state index contributed by atoms with van der Waals surface area (Å²) in [5.74, 6) is 1.10. The maximum Gasteiger partial charge on any atom is 0.134 e. The molecule has 2 aromatic rings. The van der Waals surface area contributed by atoms with Crippen molar-refractivity contribution in [1.82, 2.24) is 10.2 Å². The summed E-state index contributed by atoms with van der Waals surface area (Å²) in [7, 11) is 2.18. The lowest BCUT2D eigenvalue weighted by Crippen LogP contribution is -2.26. The molecular formula is C15H20N2O. The van der Waals surface area contributed by atoms with Crippen LogP contribution in [0.5, 0.6) is 0 Å². The van der Waals surface area contributed by atoms with Crippen molar-refractivity contribution in [2.24, 2.45) is 0 Å². The van der Waals surface area contributed by atoms with Gasteiger partial charge in [-0.25, -0.2) is 0 Å². The Morgan fingerprint density at radius 2 is 2.17 bits per heavy atom. The summed E-state index contributed by atoms with van der Waals surface area (Å²) in [6.07, 6.45) is 1.11. The zero-order chi connectivity index (χ0) is 12.5. The second-order valence-electron chi connectivity index (χ2n) is 5.23. The molecule has 3 heteroatoms. The average Bonchev–Trinajstić information content (AvgIpc) is 2.63. The molecule has 0 saturated carbocycles. The van der Waals surface area contributed by atoms with Crippen LogP contribution >= 0.6 is 0 Å². The highest BCUT2D eigenvalue weighted by Crippen LogP contribution is 2.30. The van der Waals surface area contributed by atoms with Gasteiger partial charge in [0.15, 0.2) is 0 Å². The molecule has 0 bridgehead atoms. The number of likely N-dealkylation sites (N-methyl/N-ethyl adjacent to an activating group) is 1. The molecule has 1 aromatic carbocycles. The first-order valence-corrected chi connectivity index (χ1v) is 6.65. The Balaban J connectivity index is 1.97. The fourth-order valence-corrected chi connectivity index (χ4v) is 2.68. The summed E-state index contributed by atoms with van der Waals surface area (Å²) >= 11 is 0. The lowest BCUT2D eigenvalue weighted by atomic mass is 10.1. The van der Waals surface area contributed by atoms with Gasteiger partial charge in [0.05, 0.1) is 6.04 Å². The summed E-state index contributed by atoms with van der Waals surface area (Å²) in [6.45, 7) is 5.29. The van der Waals surface area contributed by atoms with Crippen molar-refractivity contribution in [2.75, 3.05) is 26.7 Å². The van der Waals surface area contributed by atoms with Crippen molar-refractivity contribution in [3.8, 4) is 0 Å². The van der Waals surface area contributed by atoms with Crippen LogP contribution in [0.1, 0.15) is 23.8 Å². The lowest BCUT2D eigenvalue weighted by Gasteiger charge is -2.22. The minimum atomic E-state index is 0.396. The van der Waals surface area contributed by atoms with E-state index < -0.39 is 0 Å². The number of rotatable bonds is 1. The summed E-state index contributed by atoms with van der Waals surface area (Å²) in [6, 6.07) is 8.99. The Morgan fingerprint density at radius 3 is 3.06 bits per heavy atom. The van der Waals surface area contributed by atoms with E-state index in [1.54, 1.807) is 0 Å². The third-order valence-corrected chi connectivity index (χ3v) is 3.79. The normalized spacial score (nSPS) is 22.2. The molecule has 1 aliphatic heterocycles. The van der Waals surface area contributed by atoms with Gasteiger partial charge in [0, 0.05) is 18.5 Å². The molecule has 0 spiro atoms. The van der Waals surface area contributed by atoms with E-state index in [1.807, 2.05) is 0 Å². The van der Waals surface area contributed by atoms with Crippen LogP contribution in [0.4, 0.5) is 0 Å². The highest BCUT2D eigenvalue weighted by molar-refractivity contribution is 5.78. The Bertz CT molecular complexity index is 546. The van der Waals surface area contributed by atoms with Crippen LogP contribution in [0.2, 0.25) is 0 Å². The summed E-state index contributed by atoms with van der Waals surface area (Å²) in [5, 5.41) is 4.65. The Morgan fingerprint density at radius 1 is 1.28 bits per heavy atom. The minimum Gasteiger partial charge on any atom is -0.459 e. The molecule has 1 aliphatic rings. The van der Waals surface area contributed by atoms with Crippen molar-refractivity contribution >= 4 is 11.0 Å². The first-order valence-electron chi connectivity index (χ1n) is 6.65. The van der Waals surface area contributed by atoms with E-state index in [9.17, 15) is 0 Å². The first kappa shape index (κ1) is 11.8. The van der Waals surface area contributed by atoms with Gasteiger partial charge in [-0.15, -0.1) is 0 Å². The zero-order valence-electron chi connectivity index (χ0n) is 11.1. The molecule has 1 aromatic heterocycles. The molecule has 18 heavy (non-hydrogen) atoms. The van der Waals surface area contributed by atoms with E-state index in [1.165, 1.54) is 10.9 Å². The molecule has 1 unspecified atom stereocenters. The minimum absolute atomic E-state index is 0.396. The quantitative estimate of drug-likeness (QED) is 0.836. The maximum atomic E-state index is 6.04. The van der Waals surface area contributed by atoms with Gasteiger partial charge in [0.25, 0.3) is 0 Å². The molecule has 3 nitrogen and oxygen atoms in total. The van der Waals surface area contributed by atoms with E-state index in [2.05, 4.69) is 48.5 Å². The highest BCUT2D eigenvalue weighted by Gasteiger charge is 2.22. The molecule has 2 heterocycles. The second kappa shape index (κ2) is 4.75. The van der Waals surface area contributed by atoms with Gasteiger partial charge in [-0.3, -0.25) is 4.90 Å². The fraction of sp³-hybridized carbons (Fsp3) is 0.467. The molecular weight excluding hydrogens is 224 g/mol. The maximum absolute atomic E-state index is 6.04. The summed E-state index contributed by atoms with van der Waals surface area (Å²) in [5.41, 5.74) is 2.26. The Labute approximate surface area is 108 Å². The largest absolute Gasteiger partial charge is 0.459 e. The monoisotopic (exact) mass is 244 g/mol. The summed E-state index contributed by atoms with van der Waals surface area (Å²) in [4.78, 5) is 2.38. The van der Waals surface area contributed by atoms with Crippen LogP contribution in [-0.4, -0.2) is 31.6 Å². The number of nitrogens with one attached hydrogen (secondary N) is 1. The average molecular weight is 244 g/mol. The SMILES string of the molecule is Cc1ccc2cc(C3CCNCCN3C)oc2c1. The van der Waals surface area contributed by atoms with Crippen LogP contribution < -0.4 is 5.32 Å². The molecule has 0 amide bonds. The number of hydrogen-bond donors (Lipinski definition) is 1. The third kappa shape index (κ3) is 2.16. The smallest absolute Gasteiger partial charge is 0.134 e. The van der Waals surface area contributed by atoms with E-state index in [0.29, 0.717) is 6.04 Å². The number of fused-ring (bicyclic) bond motifs is 1. The van der Waals surface area contributed by atoms with Crippen LogP contribution in [-0.2, 0) is 0 Å². The highest BCUT2D eigenvalue weighted by atomic mass is 16.3. The van der Waals surface area contributed by atoms with Crippen LogP contribution in [0.25, 0.3) is 11.0 Å². The second-order valence-corrected chi connectivity index (χ2v) is 5.23. The van der Waals surface area contributed by atoms with Gasteiger partial charge in [0.2, 0.25) is 0 Å². The van der Waals surface area contributed by atoms with Gasteiger partial charge in [0.1, 0.15) is 11.3 Å². The van der Waals surface area contributed by atoms with Crippen LogP contribution in [0.15, 0.2) is 28.7 Å². The van der Waals surface area contributed by atoms with E-state index in [4.69, 9.17) is 4.42 Å². The van der Waals surface area contributed by atoms with Crippen molar-refractivity contribution in [3.63, 3.8) is 0 Å². The molecule has 1 N–H and O–H groups in total. The van der Waals surface area contributed by atoms with Crippen molar-refractivity contribution in [1.29, 1.82) is 0 Å². The summed E-state index contributed by atoms with van der Waals surface area (Å²) < 4.78 is 6.04. The number of aryl methyl sites for hydroxylation is 1. The standard InChI is InChI=1S/C15H20N2O/c1-11-3-4-12-10-15(18-14(12)9-11)13-5-6-16-7-8-17(13)2/h3-4,9-10,13,16H,5-8H2,1-2H3. The zero-order valence-corrected chi connectivity index (χ0v) is 11.1. The number of nitrogens with zero attached hydrogens (tertiary/aromatic N) is 1. The molecule has 0 radical (unpaired) electrons. The predicted octanol–water partition coefficient (Wildman–Crippen LogP) is 2.71. The van der Waals surface area contributed by atoms with Crippen molar-refractivity contribution < 1.29 is 4.42 Å². The van der Waals surface area contributed by atoms with Gasteiger partial charge in [-0.2, -0.15) is 0 Å². The topological polar surface area (TPSA) is 28.4 Å². The van der Waals surface area contributed by atoms with Gasteiger partial charge in [-0.05, 0) is 44.6 Å². The third-order valence-electron chi connectivity index (χ3n) is 3.79. The van der Waals surface area contributed by atoms with Crippen LogP contribution in [0.3, 0.4) is 0 Å². The van der Waals surface area contributed by atoms with E-state index >= 15 is 0 Å². The van der Waals surface area contributed by atoms with E-state index in [0.717, 1.165) is 37.4 Å². The van der Waals surface area contributed by atoms with Crippen molar-refractivity contribution in [3.05, 3.63) is 35.6 Å². The first-order chi connectivity index (χ1) is 8.74. The van der Waals surface area contributed by atoms with E-state index in [-0.39, 0.29) is 0 Å². The molecule has 96 valence electrons. The number of hydrogen-bond acceptors (Lipinski definition) is 3. The Kier molecular flexibility index (Phi) is 3.10. The van der Waals surface area contributed by atoms with Crippen molar-refractivity contribution in [2.45, 2.75) is 19.4 Å². The lowest BCUT2D eigenvalue weighted by molar-refractivity contribution is 0.229. The van der Waals surface area contributed by atoms with Gasteiger partial charge in [-0.1, -0.05) is 12.1 Å². The molecule has 1 atom stereocenters. The molecule has 0 aliphatic carbocycles. The number of benzene rings is 1. The fourth-order valence-electron chi connectivity index (χ4n) is 2.68. The number of furan rings is 1.